The molecule has 4 rings (SSSR count). The third kappa shape index (κ3) is 3.64. The van der Waals surface area contributed by atoms with Crippen LogP contribution in [0.4, 0.5) is 5.69 Å². The van der Waals surface area contributed by atoms with Crippen molar-refractivity contribution in [1.82, 2.24) is 4.98 Å². The van der Waals surface area contributed by atoms with Gasteiger partial charge in [0.25, 0.3) is 5.91 Å². The third-order valence-corrected chi connectivity index (χ3v) is 5.38. The molecule has 0 unspecified atom stereocenters. The van der Waals surface area contributed by atoms with Crippen molar-refractivity contribution in [1.29, 1.82) is 0 Å². The Morgan fingerprint density at radius 3 is 2.40 bits per heavy atom. The predicted octanol–water partition coefficient (Wildman–Crippen LogP) is 5.56. The number of amides is 1. The maximum atomic E-state index is 12.5. The van der Waals surface area contributed by atoms with E-state index in [0.717, 1.165) is 28.1 Å². The molecule has 0 saturated heterocycles. The van der Waals surface area contributed by atoms with Crippen LogP contribution in [0.15, 0.2) is 47.8 Å². The zero-order chi connectivity index (χ0) is 17.4. The molecule has 3 aromatic rings. The van der Waals surface area contributed by atoms with Gasteiger partial charge >= 0.3 is 0 Å². The molecular formula is C21H20N2OS. The van der Waals surface area contributed by atoms with Gasteiger partial charge < -0.3 is 5.32 Å². The highest BCUT2D eigenvalue weighted by atomic mass is 32.1. The first-order chi connectivity index (χ1) is 12.1. The van der Waals surface area contributed by atoms with Crippen molar-refractivity contribution in [3.8, 4) is 11.3 Å². The van der Waals surface area contributed by atoms with Gasteiger partial charge in [0.05, 0.1) is 10.7 Å². The molecule has 4 heteroatoms. The van der Waals surface area contributed by atoms with Crippen molar-refractivity contribution < 1.29 is 4.79 Å². The second kappa shape index (κ2) is 6.45. The van der Waals surface area contributed by atoms with Gasteiger partial charge in [-0.3, -0.25) is 4.79 Å². The van der Waals surface area contributed by atoms with Crippen LogP contribution in [-0.2, 0) is 0 Å². The number of rotatable bonds is 4. The maximum Gasteiger partial charge on any atom is 0.255 e. The summed E-state index contributed by atoms with van der Waals surface area (Å²) in [5.74, 6) is 0.593. The van der Waals surface area contributed by atoms with E-state index >= 15 is 0 Å². The number of carbonyl (C=O) groups is 1. The summed E-state index contributed by atoms with van der Waals surface area (Å²) in [6.07, 6.45) is 2.54. The van der Waals surface area contributed by atoms with E-state index in [9.17, 15) is 4.79 Å². The van der Waals surface area contributed by atoms with Gasteiger partial charge in [-0.2, -0.15) is 0 Å². The fraction of sp³-hybridized carbons (Fsp3) is 0.238. The highest BCUT2D eigenvalue weighted by molar-refractivity contribution is 7.10. The number of aromatic nitrogens is 1. The molecule has 1 aliphatic carbocycles. The van der Waals surface area contributed by atoms with Crippen molar-refractivity contribution in [2.75, 3.05) is 5.32 Å². The Bertz CT molecular complexity index is 903. The zero-order valence-corrected chi connectivity index (χ0v) is 15.2. The van der Waals surface area contributed by atoms with E-state index in [0.29, 0.717) is 11.5 Å². The average molecular weight is 348 g/mol. The van der Waals surface area contributed by atoms with Crippen molar-refractivity contribution >= 4 is 22.9 Å². The monoisotopic (exact) mass is 348 g/mol. The maximum absolute atomic E-state index is 12.5. The largest absolute Gasteiger partial charge is 0.322 e. The first-order valence-corrected chi connectivity index (χ1v) is 9.42. The number of thiazole rings is 1. The molecule has 0 radical (unpaired) electrons. The van der Waals surface area contributed by atoms with Crippen LogP contribution in [0.1, 0.15) is 45.3 Å². The Hall–Kier alpha value is -2.46. The molecule has 126 valence electrons. The second-order valence-corrected chi connectivity index (χ2v) is 7.64. The van der Waals surface area contributed by atoms with Crippen LogP contribution in [0.25, 0.3) is 11.3 Å². The van der Waals surface area contributed by atoms with Crippen molar-refractivity contribution in [3.05, 3.63) is 69.5 Å². The highest BCUT2D eigenvalue weighted by Gasteiger charge is 2.26. The molecule has 25 heavy (non-hydrogen) atoms. The van der Waals surface area contributed by atoms with Gasteiger partial charge in [-0.25, -0.2) is 4.98 Å². The summed E-state index contributed by atoms with van der Waals surface area (Å²) in [5.41, 5.74) is 5.83. The van der Waals surface area contributed by atoms with Crippen LogP contribution >= 0.6 is 11.3 Å². The summed E-state index contributed by atoms with van der Waals surface area (Å²) < 4.78 is 0. The fourth-order valence-electron chi connectivity index (χ4n) is 2.98. The molecule has 3 nitrogen and oxygen atoms in total. The lowest BCUT2D eigenvalue weighted by Gasteiger charge is -2.08. The van der Waals surface area contributed by atoms with E-state index in [1.165, 1.54) is 17.8 Å². The van der Waals surface area contributed by atoms with Crippen LogP contribution in [0.5, 0.6) is 0 Å². The first kappa shape index (κ1) is 16.0. The number of benzene rings is 2. The van der Waals surface area contributed by atoms with Gasteiger partial charge in [-0.15, -0.1) is 11.3 Å². The van der Waals surface area contributed by atoms with Gasteiger partial charge in [-0.05, 0) is 62.1 Å². The molecule has 0 aliphatic heterocycles. The molecule has 1 aliphatic rings. The molecule has 1 heterocycles. The van der Waals surface area contributed by atoms with Crippen LogP contribution in [0.2, 0.25) is 0 Å². The predicted molar refractivity (Wildman–Crippen MR) is 103 cm³/mol. The molecule has 1 amide bonds. The van der Waals surface area contributed by atoms with Crippen LogP contribution in [0.3, 0.4) is 0 Å². The highest BCUT2D eigenvalue weighted by Crippen LogP contribution is 2.42. The summed E-state index contributed by atoms with van der Waals surface area (Å²) in [7, 11) is 0. The van der Waals surface area contributed by atoms with E-state index in [1.54, 1.807) is 11.3 Å². The number of anilines is 1. The molecule has 2 aromatic carbocycles. The standard InChI is InChI=1S/C21H20N2OS/c1-13-9-14(2)11-18(10-13)22-20(24)16-5-3-15(4-6-16)19-12-25-21(23-19)17-7-8-17/h3-6,9-12,17H,7-8H2,1-2H3,(H,22,24). The number of hydrogen-bond donors (Lipinski definition) is 1. The van der Waals surface area contributed by atoms with Gasteiger partial charge in [0.2, 0.25) is 0 Å². The molecule has 0 atom stereocenters. The van der Waals surface area contributed by atoms with Crippen molar-refractivity contribution in [2.45, 2.75) is 32.6 Å². The minimum absolute atomic E-state index is 0.0894. The Morgan fingerprint density at radius 1 is 1.08 bits per heavy atom. The van der Waals surface area contributed by atoms with Gasteiger partial charge in [0.15, 0.2) is 0 Å². The lowest BCUT2D eigenvalue weighted by Crippen LogP contribution is -2.12. The quantitative estimate of drug-likeness (QED) is 0.671. The Balaban J connectivity index is 1.49. The third-order valence-electron chi connectivity index (χ3n) is 4.37. The molecule has 0 bridgehead atoms. The van der Waals surface area contributed by atoms with E-state index < -0.39 is 0 Å². The summed E-state index contributed by atoms with van der Waals surface area (Å²) >= 11 is 1.74. The summed E-state index contributed by atoms with van der Waals surface area (Å²) in [6, 6.07) is 13.7. The number of hydrogen-bond acceptors (Lipinski definition) is 3. The molecule has 1 fully saturated rings. The van der Waals surface area contributed by atoms with Crippen LogP contribution in [0, 0.1) is 13.8 Å². The minimum Gasteiger partial charge on any atom is -0.322 e. The fourth-order valence-corrected chi connectivity index (χ4v) is 3.98. The number of nitrogens with one attached hydrogen (secondary N) is 1. The van der Waals surface area contributed by atoms with Gasteiger partial charge in [0.1, 0.15) is 0 Å². The molecule has 1 saturated carbocycles. The normalized spacial score (nSPS) is 13.7. The SMILES string of the molecule is Cc1cc(C)cc(NC(=O)c2ccc(-c3csc(C4CC4)n3)cc2)c1. The molecule has 1 aromatic heterocycles. The Labute approximate surface area is 151 Å². The van der Waals surface area contributed by atoms with Crippen LogP contribution < -0.4 is 5.32 Å². The summed E-state index contributed by atoms with van der Waals surface area (Å²) in [6.45, 7) is 4.06. The van der Waals surface area contributed by atoms with Crippen molar-refractivity contribution in [2.24, 2.45) is 0 Å². The number of aryl methyl sites for hydroxylation is 2. The molecule has 1 N–H and O–H groups in total. The summed E-state index contributed by atoms with van der Waals surface area (Å²) in [5, 5.41) is 6.33. The van der Waals surface area contributed by atoms with E-state index in [4.69, 9.17) is 4.98 Å². The topological polar surface area (TPSA) is 42.0 Å². The Kier molecular flexibility index (Phi) is 4.14. The minimum atomic E-state index is -0.0894. The second-order valence-electron chi connectivity index (χ2n) is 6.75. The summed E-state index contributed by atoms with van der Waals surface area (Å²) in [4.78, 5) is 17.2. The van der Waals surface area contributed by atoms with E-state index in [2.05, 4.69) is 16.8 Å². The molecule has 0 spiro atoms. The lowest BCUT2D eigenvalue weighted by atomic mass is 10.1. The number of carbonyl (C=O) groups excluding carboxylic acids is 1. The van der Waals surface area contributed by atoms with Gasteiger partial charge in [0, 0.05) is 28.1 Å². The van der Waals surface area contributed by atoms with E-state index in [1.807, 2.05) is 50.2 Å². The van der Waals surface area contributed by atoms with Crippen molar-refractivity contribution in [3.63, 3.8) is 0 Å². The number of nitrogens with zero attached hydrogens (tertiary/aromatic N) is 1. The average Bonchev–Trinajstić information content (AvgIpc) is 3.31. The zero-order valence-electron chi connectivity index (χ0n) is 14.4. The molecular weight excluding hydrogens is 328 g/mol. The lowest BCUT2D eigenvalue weighted by molar-refractivity contribution is 0.102. The smallest absolute Gasteiger partial charge is 0.255 e. The van der Waals surface area contributed by atoms with Crippen LogP contribution in [-0.4, -0.2) is 10.9 Å². The van der Waals surface area contributed by atoms with Gasteiger partial charge in [-0.1, -0.05) is 18.2 Å². The Morgan fingerprint density at radius 2 is 1.76 bits per heavy atom. The first-order valence-electron chi connectivity index (χ1n) is 8.54. The van der Waals surface area contributed by atoms with E-state index in [-0.39, 0.29) is 5.91 Å².